The summed E-state index contributed by atoms with van der Waals surface area (Å²) in [5.74, 6) is -0.263. The quantitative estimate of drug-likeness (QED) is 0.716. The molecule has 1 aliphatic heterocycles. The summed E-state index contributed by atoms with van der Waals surface area (Å²) in [7, 11) is 1.83. The third-order valence-corrected chi connectivity index (χ3v) is 4.14. The molecule has 2 nitrogen and oxygen atoms in total. The number of nitrogens with zero attached hydrogens (tertiary/aromatic N) is 2. The van der Waals surface area contributed by atoms with E-state index < -0.39 is 0 Å². The summed E-state index contributed by atoms with van der Waals surface area (Å²) in [6.07, 6.45) is 1.75. The maximum atomic E-state index is 14.4. The van der Waals surface area contributed by atoms with Crippen LogP contribution in [-0.2, 0) is 0 Å². The summed E-state index contributed by atoms with van der Waals surface area (Å²) >= 11 is 3.23. The number of hydrogen-bond acceptors (Lipinski definition) is 2. The molecule has 0 N–H and O–H groups in total. The number of aryl methyl sites for hydroxylation is 1. The Balaban J connectivity index is 2.43. The van der Waals surface area contributed by atoms with Crippen molar-refractivity contribution in [3.63, 3.8) is 0 Å². The molecule has 0 saturated carbocycles. The van der Waals surface area contributed by atoms with Crippen molar-refractivity contribution < 1.29 is 4.39 Å². The highest BCUT2D eigenvalue weighted by Gasteiger charge is 2.28. The minimum absolute atomic E-state index is 0.263. The van der Waals surface area contributed by atoms with E-state index in [-0.39, 0.29) is 5.82 Å². The molecule has 96 valence electrons. The molecule has 1 aliphatic rings. The Morgan fingerprint density at radius 2 is 2.00 bits per heavy atom. The lowest BCUT2D eigenvalue weighted by Gasteiger charge is -2.32. The number of halogens is 2. The second-order valence-electron chi connectivity index (χ2n) is 4.58. The van der Waals surface area contributed by atoms with Gasteiger partial charge in [-0.2, -0.15) is 0 Å². The first-order valence-corrected chi connectivity index (χ1v) is 6.68. The molecule has 0 atom stereocenters. The van der Waals surface area contributed by atoms with Gasteiger partial charge in [-0.1, -0.05) is 12.6 Å². The zero-order chi connectivity index (χ0) is 13.7. The van der Waals surface area contributed by atoms with Crippen LogP contribution >= 0.6 is 15.9 Å². The van der Waals surface area contributed by atoms with Gasteiger partial charge in [0.15, 0.2) is 5.82 Å². The lowest BCUT2D eigenvalue weighted by atomic mass is 9.91. The number of pyridine rings is 1. The molecule has 1 aromatic carbocycles. The first-order chi connectivity index (χ1) is 9.02. The number of aromatic nitrogens is 1. The van der Waals surface area contributed by atoms with Gasteiger partial charge < -0.3 is 4.90 Å². The van der Waals surface area contributed by atoms with Crippen LogP contribution in [0, 0.1) is 12.7 Å². The molecule has 0 aliphatic carbocycles. The molecule has 4 heteroatoms. The summed E-state index contributed by atoms with van der Waals surface area (Å²) in [5.41, 5.74) is 5.07. The van der Waals surface area contributed by atoms with E-state index in [1.165, 1.54) is 0 Å². The van der Waals surface area contributed by atoms with E-state index >= 15 is 0 Å². The molecular formula is C15H12BrFN2. The van der Waals surface area contributed by atoms with Crippen LogP contribution in [-0.4, -0.2) is 12.0 Å². The van der Waals surface area contributed by atoms with Gasteiger partial charge in [0.05, 0.1) is 10.2 Å². The van der Waals surface area contributed by atoms with Gasteiger partial charge in [0.1, 0.15) is 0 Å². The first kappa shape index (κ1) is 12.4. The fraction of sp³-hybridized carbons (Fsp3) is 0.133. The van der Waals surface area contributed by atoms with Gasteiger partial charge in [-0.15, -0.1) is 0 Å². The van der Waals surface area contributed by atoms with Crippen molar-refractivity contribution in [3.05, 3.63) is 52.5 Å². The summed E-state index contributed by atoms with van der Waals surface area (Å²) in [5, 5.41) is 0. The third-order valence-electron chi connectivity index (χ3n) is 3.53. The van der Waals surface area contributed by atoms with Crippen LogP contribution in [0.15, 0.2) is 35.4 Å². The molecule has 2 aromatic rings. The zero-order valence-corrected chi connectivity index (χ0v) is 12.3. The van der Waals surface area contributed by atoms with Crippen molar-refractivity contribution in [1.82, 2.24) is 4.98 Å². The van der Waals surface area contributed by atoms with Gasteiger partial charge in [-0.25, -0.2) is 4.39 Å². The van der Waals surface area contributed by atoms with E-state index in [1.807, 2.05) is 26.1 Å². The Morgan fingerprint density at radius 3 is 2.74 bits per heavy atom. The monoisotopic (exact) mass is 318 g/mol. The van der Waals surface area contributed by atoms with Gasteiger partial charge in [0, 0.05) is 35.8 Å². The highest BCUT2D eigenvalue weighted by Crippen LogP contribution is 2.46. The van der Waals surface area contributed by atoms with Crippen molar-refractivity contribution >= 4 is 27.3 Å². The Hall–Kier alpha value is -1.68. The normalized spacial score (nSPS) is 13.3. The maximum absolute atomic E-state index is 14.4. The molecule has 0 spiro atoms. The van der Waals surface area contributed by atoms with E-state index in [4.69, 9.17) is 0 Å². The Bertz CT molecular complexity index is 710. The van der Waals surface area contributed by atoms with Gasteiger partial charge in [0.25, 0.3) is 0 Å². The SMILES string of the molecule is C=C1c2c(ccnc2C)-c2ccc(Br)c(F)c2N1C. The summed E-state index contributed by atoms with van der Waals surface area (Å²) in [6, 6.07) is 5.56. The van der Waals surface area contributed by atoms with Crippen LogP contribution in [0.25, 0.3) is 16.8 Å². The zero-order valence-electron chi connectivity index (χ0n) is 10.7. The fourth-order valence-corrected chi connectivity index (χ4v) is 2.86. The molecule has 2 heterocycles. The Morgan fingerprint density at radius 1 is 1.26 bits per heavy atom. The summed E-state index contributed by atoms with van der Waals surface area (Å²) in [6.45, 7) is 6.01. The number of fused-ring (bicyclic) bond motifs is 3. The first-order valence-electron chi connectivity index (χ1n) is 5.89. The third kappa shape index (κ3) is 1.63. The molecule has 19 heavy (non-hydrogen) atoms. The topological polar surface area (TPSA) is 16.1 Å². The van der Waals surface area contributed by atoms with E-state index in [0.29, 0.717) is 10.2 Å². The second-order valence-corrected chi connectivity index (χ2v) is 5.44. The smallest absolute Gasteiger partial charge is 0.161 e. The molecule has 0 amide bonds. The number of benzene rings is 1. The minimum atomic E-state index is -0.263. The van der Waals surface area contributed by atoms with Crippen molar-refractivity contribution in [2.24, 2.45) is 0 Å². The van der Waals surface area contributed by atoms with Crippen molar-refractivity contribution in [3.8, 4) is 11.1 Å². The standard InChI is InChI=1S/C15H12BrFN2/c1-8-13-9(2)19(3)15-11(10(13)6-7-18-8)4-5-12(16)14(15)17/h4-7H,2H2,1,3H3. The average Bonchev–Trinajstić information content (AvgIpc) is 2.39. The van der Waals surface area contributed by atoms with Crippen molar-refractivity contribution in [2.45, 2.75) is 6.92 Å². The van der Waals surface area contributed by atoms with Gasteiger partial charge in [-0.05, 0) is 40.5 Å². The predicted molar refractivity (Wildman–Crippen MR) is 79.5 cm³/mol. The average molecular weight is 319 g/mol. The maximum Gasteiger partial charge on any atom is 0.161 e. The van der Waals surface area contributed by atoms with Crippen molar-refractivity contribution in [2.75, 3.05) is 11.9 Å². The number of anilines is 1. The van der Waals surface area contributed by atoms with Crippen LogP contribution in [0.3, 0.4) is 0 Å². The summed E-state index contributed by atoms with van der Waals surface area (Å²) in [4.78, 5) is 6.08. The molecular weight excluding hydrogens is 307 g/mol. The van der Waals surface area contributed by atoms with Crippen molar-refractivity contribution in [1.29, 1.82) is 0 Å². The molecule has 3 rings (SSSR count). The summed E-state index contributed by atoms with van der Waals surface area (Å²) < 4.78 is 14.8. The Kier molecular flexibility index (Phi) is 2.71. The predicted octanol–water partition coefficient (Wildman–Crippen LogP) is 4.38. The van der Waals surface area contributed by atoms with E-state index in [9.17, 15) is 4.39 Å². The highest BCUT2D eigenvalue weighted by molar-refractivity contribution is 9.10. The Labute approximate surface area is 119 Å². The highest BCUT2D eigenvalue weighted by atomic mass is 79.9. The molecule has 0 radical (unpaired) electrons. The molecule has 1 aromatic heterocycles. The molecule has 0 bridgehead atoms. The van der Waals surface area contributed by atoms with Crippen LogP contribution in [0.5, 0.6) is 0 Å². The number of hydrogen-bond donors (Lipinski definition) is 0. The lowest BCUT2D eigenvalue weighted by molar-refractivity contribution is 0.621. The van der Waals surface area contributed by atoms with Crippen LogP contribution < -0.4 is 4.90 Å². The van der Waals surface area contributed by atoms with E-state index in [2.05, 4.69) is 27.5 Å². The van der Waals surface area contributed by atoms with Crippen LogP contribution in [0.4, 0.5) is 10.1 Å². The lowest BCUT2D eigenvalue weighted by Crippen LogP contribution is -2.22. The second kappa shape index (κ2) is 4.17. The van der Waals surface area contributed by atoms with E-state index in [0.717, 1.165) is 28.1 Å². The minimum Gasteiger partial charge on any atom is -0.342 e. The van der Waals surface area contributed by atoms with E-state index in [1.54, 1.807) is 17.2 Å². The van der Waals surface area contributed by atoms with Crippen LogP contribution in [0.2, 0.25) is 0 Å². The van der Waals surface area contributed by atoms with Gasteiger partial charge in [-0.3, -0.25) is 4.98 Å². The molecule has 0 saturated heterocycles. The molecule has 0 fully saturated rings. The van der Waals surface area contributed by atoms with Crippen LogP contribution in [0.1, 0.15) is 11.3 Å². The van der Waals surface area contributed by atoms with Gasteiger partial charge >= 0.3 is 0 Å². The fourth-order valence-electron chi connectivity index (χ4n) is 2.54. The van der Waals surface area contributed by atoms with Gasteiger partial charge in [0.2, 0.25) is 0 Å². The number of rotatable bonds is 0. The largest absolute Gasteiger partial charge is 0.342 e. The molecule has 0 unspecified atom stereocenters.